The molecule has 2 aromatic rings. The van der Waals surface area contributed by atoms with Crippen LogP contribution in [0.5, 0.6) is 0 Å². The van der Waals surface area contributed by atoms with Crippen LogP contribution in [0.15, 0.2) is 44.2 Å². The minimum atomic E-state index is -3.82. The molecule has 0 fully saturated rings. The van der Waals surface area contributed by atoms with Crippen molar-refractivity contribution >= 4 is 50.2 Å². The van der Waals surface area contributed by atoms with Crippen LogP contribution in [0, 0.1) is 0 Å². The molecule has 0 saturated heterocycles. The molecular weight excluding hydrogens is 322 g/mol. The molecule has 20 heavy (non-hydrogen) atoms. The first-order valence-corrected chi connectivity index (χ1v) is 7.87. The smallest absolute Gasteiger partial charge is 0.263 e. The molecule has 10 heteroatoms. The number of anilines is 1. The molecule has 3 rings (SSSR count). The molecule has 1 aliphatic heterocycles. The Morgan fingerprint density at radius 3 is 2.85 bits per heavy atom. The van der Waals surface area contributed by atoms with E-state index in [0.717, 1.165) is 11.4 Å². The zero-order valence-corrected chi connectivity index (χ0v) is 12.1. The molecule has 0 unspecified atom stereocenters. The molecule has 0 spiro atoms. The van der Waals surface area contributed by atoms with E-state index in [-0.39, 0.29) is 15.9 Å². The second-order valence-corrected chi connectivity index (χ2v) is 6.29. The van der Waals surface area contributed by atoms with Crippen LogP contribution in [0.4, 0.5) is 17.2 Å². The summed E-state index contributed by atoms with van der Waals surface area (Å²) in [6.45, 7) is 0. The van der Waals surface area contributed by atoms with Crippen LogP contribution in [0.2, 0.25) is 5.15 Å². The molecule has 1 aromatic carbocycles. The molecule has 0 amide bonds. The van der Waals surface area contributed by atoms with Crippen molar-refractivity contribution in [2.45, 2.75) is 4.90 Å². The van der Waals surface area contributed by atoms with Crippen LogP contribution >= 0.6 is 11.6 Å². The lowest BCUT2D eigenvalue weighted by Gasteiger charge is -2.08. The van der Waals surface area contributed by atoms with Gasteiger partial charge in [-0.05, 0) is 12.1 Å². The Morgan fingerprint density at radius 1 is 1.20 bits per heavy atom. The van der Waals surface area contributed by atoms with Crippen molar-refractivity contribution in [2.24, 2.45) is 8.73 Å². The van der Waals surface area contributed by atoms with Gasteiger partial charge in [0.2, 0.25) is 0 Å². The summed E-state index contributed by atoms with van der Waals surface area (Å²) in [5.41, 5.74) is 0.851. The van der Waals surface area contributed by atoms with Crippen molar-refractivity contribution in [3.05, 3.63) is 35.7 Å². The van der Waals surface area contributed by atoms with E-state index >= 15 is 0 Å². The Kier molecular flexibility index (Phi) is 3.24. The fourth-order valence-electron chi connectivity index (χ4n) is 1.58. The summed E-state index contributed by atoms with van der Waals surface area (Å²) in [7, 11) is -3.82. The molecule has 0 saturated carbocycles. The average molecular weight is 328 g/mol. The largest absolute Gasteiger partial charge is 0.265 e. The van der Waals surface area contributed by atoms with E-state index in [4.69, 9.17) is 11.6 Å². The van der Waals surface area contributed by atoms with E-state index in [1.165, 1.54) is 18.5 Å². The van der Waals surface area contributed by atoms with E-state index in [2.05, 4.69) is 23.4 Å². The van der Waals surface area contributed by atoms with E-state index in [1.807, 2.05) is 0 Å². The molecule has 7 nitrogen and oxygen atoms in total. The molecule has 1 aromatic heterocycles. The first kappa shape index (κ1) is 13.2. The van der Waals surface area contributed by atoms with Gasteiger partial charge in [-0.2, -0.15) is 8.73 Å². The van der Waals surface area contributed by atoms with E-state index in [1.54, 1.807) is 12.1 Å². The number of fused-ring (bicyclic) bond motifs is 1. The zero-order valence-electron chi connectivity index (χ0n) is 9.69. The number of sulfonamides is 1. The van der Waals surface area contributed by atoms with Gasteiger partial charge in [0, 0.05) is 6.07 Å². The third-order valence-corrected chi connectivity index (χ3v) is 4.55. The standard InChI is InChI=1S/C10H6ClN5O2S2/c11-8-4-9(13-5-12-8)16-20(17,18)7-3-1-2-6-10(7)15-19-14-6/h1-5H,(H,12,13,16). The minimum Gasteiger partial charge on any atom is -0.263 e. The van der Waals surface area contributed by atoms with Gasteiger partial charge in [0.15, 0.2) is 0 Å². The summed E-state index contributed by atoms with van der Waals surface area (Å²) in [6.07, 6.45) is 1.17. The van der Waals surface area contributed by atoms with Crippen LogP contribution < -0.4 is 4.72 Å². The first-order valence-electron chi connectivity index (χ1n) is 5.28. The highest BCUT2D eigenvalue weighted by atomic mass is 35.5. The lowest BCUT2D eigenvalue weighted by Crippen LogP contribution is -2.14. The van der Waals surface area contributed by atoms with Gasteiger partial charge in [-0.15, -0.1) is 0 Å². The highest BCUT2D eigenvalue weighted by Gasteiger charge is 2.22. The Hall–Kier alpha value is -1.84. The van der Waals surface area contributed by atoms with Gasteiger partial charge in [0.05, 0.1) is 11.4 Å². The third kappa shape index (κ3) is 2.42. The molecule has 0 aliphatic carbocycles. The van der Waals surface area contributed by atoms with Crippen LogP contribution in [0.3, 0.4) is 0 Å². The van der Waals surface area contributed by atoms with E-state index in [0.29, 0.717) is 11.4 Å². The Labute approximate surface area is 123 Å². The van der Waals surface area contributed by atoms with Crippen molar-refractivity contribution in [1.29, 1.82) is 0 Å². The summed E-state index contributed by atoms with van der Waals surface area (Å²) in [5.74, 6) is 0.0881. The maximum Gasteiger partial charge on any atom is 0.265 e. The Bertz CT molecular complexity index is 862. The number of nitrogens with one attached hydrogen (secondary N) is 1. The normalized spacial score (nSPS) is 12.8. The number of halogens is 1. The highest BCUT2D eigenvalue weighted by Crippen LogP contribution is 2.37. The lowest BCUT2D eigenvalue weighted by atomic mass is 10.3. The van der Waals surface area contributed by atoms with Crippen molar-refractivity contribution < 1.29 is 8.42 Å². The van der Waals surface area contributed by atoms with Crippen molar-refractivity contribution in [2.75, 3.05) is 4.72 Å². The molecule has 102 valence electrons. The Morgan fingerprint density at radius 2 is 2.05 bits per heavy atom. The highest BCUT2D eigenvalue weighted by molar-refractivity contribution is 7.93. The van der Waals surface area contributed by atoms with Gasteiger partial charge in [-0.25, -0.2) is 18.4 Å². The lowest BCUT2D eigenvalue weighted by molar-refractivity contribution is 0.601. The number of aromatic nitrogens is 2. The molecule has 0 radical (unpaired) electrons. The van der Waals surface area contributed by atoms with Crippen LogP contribution in [0.1, 0.15) is 0 Å². The monoisotopic (exact) mass is 327 g/mol. The number of nitrogens with zero attached hydrogens (tertiary/aromatic N) is 4. The molecular formula is C10H6ClN5O2S2. The number of hydrogen-bond donors (Lipinski definition) is 1. The van der Waals surface area contributed by atoms with E-state index in [9.17, 15) is 8.42 Å². The van der Waals surface area contributed by atoms with Crippen molar-refractivity contribution in [3.8, 4) is 0 Å². The summed E-state index contributed by atoms with van der Waals surface area (Å²) >= 11 is 6.64. The van der Waals surface area contributed by atoms with Crippen molar-refractivity contribution in [3.63, 3.8) is 0 Å². The first-order chi connectivity index (χ1) is 9.56. The van der Waals surface area contributed by atoms with Crippen LogP contribution in [-0.4, -0.2) is 18.4 Å². The molecule has 1 aliphatic rings. The molecule has 1 N–H and O–H groups in total. The minimum absolute atomic E-state index is 0.0403. The SMILES string of the molecule is O=S(=O)(Nc1cc(Cl)ncn1)c1cccc2c1N=S=N2. The predicted octanol–water partition coefficient (Wildman–Crippen LogP) is 2.66. The molecule has 0 atom stereocenters. The zero-order chi connectivity index (χ0) is 14.2. The second-order valence-electron chi connectivity index (χ2n) is 3.72. The van der Waals surface area contributed by atoms with E-state index < -0.39 is 10.0 Å². The third-order valence-electron chi connectivity index (χ3n) is 2.41. The van der Waals surface area contributed by atoms with Gasteiger partial charge in [0.25, 0.3) is 10.0 Å². The summed E-state index contributed by atoms with van der Waals surface area (Å²) in [6, 6.07) is 6.07. The maximum atomic E-state index is 12.3. The van der Waals surface area contributed by atoms with Crippen molar-refractivity contribution in [1.82, 2.24) is 9.97 Å². The predicted molar refractivity (Wildman–Crippen MR) is 75.8 cm³/mol. The summed E-state index contributed by atoms with van der Waals surface area (Å²) in [5, 5.41) is 0.145. The van der Waals surface area contributed by atoms with Gasteiger partial charge < -0.3 is 0 Å². The van der Waals surface area contributed by atoms with Gasteiger partial charge in [-0.1, -0.05) is 17.7 Å². The fourth-order valence-corrected chi connectivity index (χ4v) is 3.49. The topological polar surface area (TPSA) is 96.7 Å². The average Bonchev–Trinajstić information content (AvgIpc) is 2.85. The quantitative estimate of drug-likeness (QED) is 0.748. The number of rotatable bonds is 3. The second kappa shape index (κ2) is 4.93. The number of benzene rings is 1. The maximum absolute atomic E-state index is 12.3. The summed E-state index contributed by atoms with van der Waals surface area (Å²) in [4.78, 5) is 7.52. The van der Waals surface area contributed by atoms with Gasteiger partial charge in [0.1, 0.15) is 33.6 Å². The molecule has 2 heterocycles. The fraction of sp³-hybridized carbons (Fsp3) is 0. The van der Waals surface area contributed by atoms with Crippen LogP contribution in [0.25, 0.3) is 0 Å². The number of hydrogen-bond acceptors (Lipinski definition) is 6. The van der Waals surface area contributed by atoms with Crippen LogP contribution in [-0.2, 0) is 21.4 Å². The summed E-state index contributed by atoms with van der Waals surface area (Å²) < 4.78 is 35.0. The van der Waals surface area contributed by atoms with Gasteiger partial charge in [-0.3, -0.25) is 4.72 Å². The van der Waals surface area contributed by atoms with Gasteiger partial charge >= 0.3 is 0 Å². The Balaban J connectivity index is 2.02. The molecule has 0 bridgehead atoms.